The fourth-order valence-electron chi connectivity index (χ4n) is 0.111. The van der Waals surface area contributed by atoms with Gasteiger partial charge in [0.25, 0.3) is 6.47 Å². The average molecular weight is 116 g/mol. The van der Waals surface area contributed by atoms with Gasteiger partial charge in [-0.25, -0.2) is 0 Å². The minimum absolute atomic E-state index is 0.0301. The molecule has 0 saturated heterocycles. The highest BCUT2D eigenvalue weighted by Crippen LogP contribution is 1.79. The van der Waals surface area contributed by atoms with Crippen LogP contribution in [0.15, 0.2) is 13.2 Å². The molecule has 8 heavy (non-hydrogen) atoms. The van der Waals surface area contributed by atoms with E-state index in [1.54, 1.807) is 13.8 Å². The van der Waals surface area contributed by atoms with Crippen molar-refractivity contribution in [3.63, 3.8) is 0 Å². The van der Waals surface area contributed by atoms with Crippen molar-refractivity contribution in [3.8, 4) is 0 Å². The van der Waals surface area contributed by atoms with Crippen molar-refractivity contribution >= 4 is 6.47 Å². The van der Waals surface area contributed by atoms with E-state index in [1.807, 2.05) is 0 Å². The van der Waals surface area contributed by atoms with Crippen molar-refractivity contribution in [2.24, 2.45) is 0 Å². The predicted octanol–water partition coefficient (Wildman–Crippen LogP) is 1.37. The number of carbonyl (C=O) groups excluding carboxylic acids is 1. The standard InChI is InChI=1S/C4H8O2.C2H4/c1-4(2)6-3-5;1-2/h3-4H,1-2H3;1-2H2. The predicted molar refractivity (Wildman–Crippen MR) is 33.5 cm³/mol. The molecular weight excluding hydrogens is 104 g/mol. The van der Waals surface area contributed by atoms with Gasteiger partial charge in [-0.05, 0) is 13.8 Å². The van der Waals surface area contributed by atoms with Crippen LogP contribution in [0.3, 0.4) is 0 Å². The summed E-state index contributed by atoms with van der Waals surface area (Å²) >= 11 is 0. The molecule has 0 saturated carbocycles. The Morgan fingerprint density at radius 3 is 1.88 bits per heavy atom. The summed E-state index contributed by atoms with van der Waals surface area (Å²) in [6.07, 6.45) is 0.0301. The lowest BCUT2D eigenvalue weighted by Gasteiger charge is -1.96. The maximum absolute atomic E-state index is 9.39. The van der Waals surface area contributed by atoms with Gasteiger partial charge in [0.15, 0.2) is 0 Å². The molecule has 0 aliphatic rings. The average Bonchev–Trinajstić information content (AvgIpc) is 1.72. The van der Waals surface area contributed by atoms with E-state index < -0.39 is 0 Å². The van der Waals surface area contributed by atoms with Crippen molar-refractivity contribution in [1.82, 2.24) is 0 Å². The summed E-state index contributed by atoms with van der Waals surface area (Å²) in [5, 5.41) is 0. The zero-order valence-electron chi connectivity index (χ0n) is 5.39. The zero-order valence-corrected chi connectivity index (χ0v) is 5.39. The van der Waals surface area contributed by atoms with Gasteiger partial charge in [0.05, 0.1) is 6.10 Å². The van der Waals surface area contributed by atoms with Gasteiger partial charge in [-0.15, -0.1) is 13.2 Å². The molecule has 0 radical (unpaired) electrons. The van der Waals surface area contributed by atoms with Gasteiger partial charge in [0, 0.05) is 0 Å². The van der Waals surface area contributed by atoms with E-state index in [0.717, 1.165) is 0 Å². The highest BCUT2D eigenvalue weighted by atomic mass is 16.5. The Balaban J connectivity index is 0. The molecule has 0 fully saturated rings. The van der Waals surface area contributed by atoms with Crippen LogP contribution in [-0.4, -0.2) is 12.6 Å². The molecule has 0 spiro atoms. The molecule has 0 amide bonds. The van der Waals surface area contributed by atoms with Crippen LogP contribution < -0.4 is 0 Å². The fourth-order valence-corrected chi connectivity index (χ4v) is 0.111. The SMILES string of the molecule is C=C.CC(C)OC=O. The van der Waals surface area contributed by atoms with Crippen LogP contribution in [0.4, 0.5) is 0 Å². The first-order valence-corrected chi connectivity index (χ1v) is 2.36. The maximum Gasteiger partial charge on any atom is 0.293 e. The molecule has 2 heteroatoms. The van der Waals surface area contributed by atoms with Crippen molar-refractivity contribution in [1.29, 1.82) is 0 Å². The smallest absolute Gasteiger partial charge is 0.293 e. The van der Waals surface area contributed by atoms with Gasteiger partial charge in [-0.1, -0.05) is 0 Å². The maximum atomic E-state index is 9.39. The van der Waals surface area contributed by atoms with Crippen LogP contribution in [0.2, 0.25) is 0 Å². The van der Waals surface area contributed by atoms with E-state index in [1.165, 1.54) is 0 Å². The van der Waals surface area contributed by atoms with E-state index >= 15 is 0 Å². The molecule has 0 heterocycles. The van der Waals surface area contributed by atoms with Crippen LogP contribution in [0, 0.1) is 0 Å². The molecule has 0 aromatic carbocycles. The first-order chi connectivity index (χ1) is 3.77. The number of carbonyl (C=O) groups is 1. The molecular formula is C6H12O2. The van der Waals surface area contributed by atoms with Crippen LogP contribution in [0.1, 0.15) is 13.8 Å². The van der Waals surface area contributed by atoms with Gasteiger partial charge in [-0.2, -0.15) is 0 Å². The quantitative estimate of drug-likeness (QED) is 0.402. The molecule has 0 aliphatic carbocycles. The van der Waals surface area contributed by atoms with E-state index in [4.69, 9.17) is 0 Å². The Bertz CT molecular complexity index is 50.5. The summed E-state index contributed by atoms with van der Waals surface area (Å²) in [5.41, 5.74) is 0. The van der Waals surface area contributed by atoms with Crippen molar-refractivity contribution in [2.45, 2.75) is 20.0 Å². The van der Waals surface area contributed by atoms with Gasteiger partial charge < -0.3 is 4.74 Å². The molecule has 0 aromatic rings. The highest BCUT2D eigenvalue weighted by Gasteiger charge is 1.83. The summed E-state index contributed by atoms with van der Waals surface area (Å²) in [7, 11) is 0. The molecule has 0 rings (SSSR count). The second-order valence-corrected chi connectivity index (χ2v) is 1.28. The molecule has 0 bridgehead atoms. The van der Waals surface area contributed by atoms with Gasteiger partial charge in [0.2, 0.25) is 0 Å². The topological polar surface area (TPSA) is 26.3 Å². The molecule has 0 aromatic heterocycles. The summed E-state index contributed by atoms with van der Waals surface area (Å²) < 4.78 is 4.36. The first-order valence-electron chi connectivity index (χ1n) is 2.36. The van der Waals surface area contributed by atoms with E-state index in [-0.39, 0.29) is 6.10 Å². The minimum atomic E-state index is 0.0301. The normalized spacial score (nSPS) is 6.88. The Morgan fingerprint density at radius 1 is 1.50 bits per heavy atom. The third-order valence-electron chi connectivity index (χ3n) is 0.328. The lowest BCUT2D eigenvalue weighted by molar-refractivity contribution is -0.131. The van der Waals surface area contributed by atoms with Gasteiger partial charge >= 0.3 is 0 Å². The Morgan fingerprint density at radius 2 is 1.88 bits per heavy atom. The van der Waals surface area contributed by atoms with E-state index in [2.05, 4.69) is 17.9 Å². The van der Waals surface area contributed by atoms with Crippen molar-refractivity contribution in [2.75, 3.05) is 0 Å². The first kappa shape index (κ1) is 10.2. The van der Waals surface area contributed by atoms with Gasteiger partial charge in [-0.3, -0.25) is 4.79 Å². The fraction of sp³-hybridized carbons (Fsp3) is 0.500. The Hall–Kier alpha value is -0.790. The molecule has 48 valence electrons. The summed E-state index contributed by atoms with van der Waals surface area (Å²) in [5.74, 6) is 0. The summed E-state index contributed by atoms with van der Waals surface area (Å²) in [6.45, 7) is 10.0. The lowest BCUT2D eigenvalue weighted by Crippen LogP contribution is -1.98. The Kier molecular flexibility index (Phi) is 12.2. The third-order valence-corrected chi connectivity index (χ3v) is 0.328. The van der Waals surface area contributed by atoms with Crippen LogP contribution in [-0.2, 0) is 9.53 Å². The molecule has 0 unspecified atom stereocenters. The molecule has 0 N–H and O–H groups in total. The zero-order chi connectivity index (χ0) is 6.99. The van der Waals surface area contributed by atoms with Crippen molar-refractivity contribution < 1.29 is 9.53 Å². The van der Waals surface area contributed by atoms with Crippen LogP contribution >= 0.6 is 0 Å². The second-order valence-electron chi connectivity index (χ2n) is 1.28. The van der Waals surface area contributed by atoms with Crippen LogP contribution in [0.5, 0.6) is 0 Å². The highest BCUT2D eigenvalue weighted by molar-refractivity contribution is 5.37. The monoisotopic (exact) mass is 116 g/mol. The largest absolute Gasteiger partial charge is 0.465 e. The summed E-state index contributed by atoms with van der Waals surface area (Å²) in [4.78, 5) is 9.39. The second kappa shape index (κ2) is 9.51. The molecule has 0 atom stereocenters. The number of ether oxygens (including phenoxy) is 1. The minimum Gasteiger partial charge on any atom is -0.465 e. The van der Waals surface area contributed by atoms with Gasteiger partial charge in [0.1, 0.15) is 0 Å². The summed E-state index contributed by atoms with van der Waals surface area (Å²) in [6, 6.07) is 0. The molecule has 2 nitrogen and oxygen atoms in total. The van der Waals surface area contributed by atoms with Crippen LogP contribution in [0.25, 0.3) is 0 Å². The number of rotatable bonds is 2. The third kappa shape index (κ3) is 18.9. The Labute approximate surface area is 50.2 Å². The van der Waals surface area contributed by atoms with Crippen molar-refractivity contribution in [3.05, 3.63) is 13.2 Å². The number of hydrogen-bond acceptors (Lipinski definition) is 2. The lowest BCUT2D eigenvalue weighted by atomic mass is 10.5. The molecule has 0 aliphatic heterocycles. The van der Waals surface area contributed by atoms with E-state index in [0.29, 0.717) is 6.47 Å². The van der Waals surface area contributed by atoms with E-state index in [9.17, 15) is 4.79 Å². The number of hydrogen-bond donors (Lipinski definition) is 0.